The minimum absolute atomic E-state index is 0.354. The van der Waals surface area contributed by atoms with Gasteiger partial charge in [0.25, 0.3) is 0 Å². The van der Waals surface area contributed by atoms with Gasteiger partial charge in [-0.05, 0) is 53.0 Å². The maximum absolute atomic E-state index is 3.95. The van der Waals surface area contributed by atoms with Crippen molar-refractivity contribution < 1.29 is 0 Å². The summed E-state index contributed by atoms with van der Waals surface area (Å²) in [6.07, 6.45) is 3.94. The van der Waals surface area contributed by atoms with Gasteiger partial charge >= 0.3 is 0 Å². The van der Waals surface area contributed by atoms with Gasteiger partial charge in [0.2, 0.25) is 0 Å². The first-order valence-corrected chi connectivity index (χ1v) is 10.5. The Morgan fingerprint density at radius 3 is 2.55 bits per heavy atom. The highest BCUT2D eigenvalue weighted by atomic mass is 15.5. The molecule has 2 fully saturated rings. The Labute approximate surface area is 171 Å². The zero-order chi connectivity index (χ0) is 19.5. The first-order chi connectivity index (χ1) is 14.4. The molecule has 0 spiro atoms. The molecule has 0 saturated carbocycles. The lowest BCUT2D eigenvalue weighted by molar-refractivity contribution is 0.151. The van der Waals surface area contributed by atoms with Gasteiger partial charge in [0.05, 0.1) is 6.04 Å². The lowest BCUT2D eigenvalue weighted by atomic mass is 9.84. The molecule has 2 saturated heterocycles. The van der Waals surface area contributed by atoms with Crippen molar-refractivity contribution in [3.05, 3.63) is 66.5 Å². The molecule has 0 radical (unpaired) electrons. The lowest BCUT2D eigenvalue weighted by Gasteiger charge is -2.36. The topological polar surface area (TPSA) is 70.9 Å². The van der Waals surface area contributed by atoms with E-state index in [0.717, 1.165) is 32.6 Å². The fourth-order valence-electron chi connectivity index (χ4n) is 4.66. The number of nitrogens with one attached hydrogen (secondary N) is 2. The van der Waals surface area contributed by atoms with Crippen molar-refractivity contribution in [3.63, 3.8) is 0 Å². The molecule has 2 aliphatic rings. The number of fused-ring (bicyclic) bond motifs is 1. The molecule has 2 aromatic carbocycles. The molecule has 3 heterocycles. The second-order valence-corrected chi connectivity index (χ2v) is 8.04. The third-order valence-corrected chi connectivity index (χ3v) is 6.22. The van der Waals surface area contributed by atoms with Crippen LogP contribution < -0.4 is 10.9 Å². The molecule has 3 aromatic rings. The summed E-state index contributed by atoms with van der Waals surface area (Å²) in [5.41, 5.74) is 11.0. The van der Waals surface area contributed by atoms with Crippen molar-refractivity contribution >= 4 is 0 Å². The summed E-state index contributed by atoms with van der Waals surface area (Å²) in [7, 11) is 0. The fraction of sp³-hybridized carbons (Fsp3) is 0.409. The number of hydrazine groups is 1. The maximum atomic E-state index is 3.95. The predicted molar refractivity (Wildman–Crippen MR) is 112 cm³/mol. The Morgan fingerprint density at radius 2 is 1.76 bits per heavy atom. The van der Waals surface area contributed by atoms with Crippen LogP contribution in [-0.2, 0) is 6.54 Å². The van der Waals surface area contributed by atoms with Gasteiger partial charge in [-0.1, -0.05) is 54.6 Å². The molecular formula is C22H27N7. The summed E-state index contributed by atoms with van der Waals surface area (Å²) in [6, 6.07) is 20.5. The summed E-state index contributed by atoms with van der Waals surface area (Å²) in [6.45, 7) is 4.22. The summed E-state index contributed by atoms with van der Waals surface area (Å²) >= 11 is 0. The van der Waals surface area contributed by atoms with Gasteiger partial charge in [0, 0.05) is 25.0 Å². The van der Waals surface area contributed by atoms with Gasteiger partial charge in [-0.25, -0.2) is 10.1 Å². The van der Waals surface area contributed by atoms with E-state index in [9.17, 15) is 0 Å². The molecule has 1 aromatic heterocycles. The van der Waals surface area contributed by atoms with E-state index in [2.05, 4.69) is 85.9 Å². The number of piperidine rings is 1. The molecular weight excluding hydrogens is 362 g/mol. The quantitative estimate of drug-likeness (QED) is 0.674. The van der Waals surface area contributed by atoms with Crippen LogP contribution in [0.15, 0.2) is 60.9 Å². The summed E-state index contributed by atoms with van der Waals surface area (Å²) in [5.74, 6) is 0.583. The van der Waals surface area contributed by atoms with E-state index >= 15 is 0 Å². The number of rotatable bonds is 6. The number of tetrazole rings is 1. The number of hydrogen-bond acceptors (Lipinski definition) is 6. The number of benzene rings is 2. The van der Waals surface area contributed by atoms with Crippen molar-refractivity contribution in [2.75, 3.05) is 19.6 Å². The smallest absolute Gasteiger partial charge is 0.138 e. The molecule has 5 rings (SSSR count). The van der Waals surface area contributed by atoms with E-state index in [1.54, 1.807) is 6.33 Å². The molecule has 7 heteroatoms. The van der Waals surface area contributed by atoms with Crippen LogP contribution in [0, 0.1) is 5.92 Å². The van der Waals surface area contributed by atoms with Crippen molar-refractivity contribution in [1.29, 1.82) is 0 Å². The van der Waals surface area contributed by atoms with E-state index in [4.69, 9.17) is 0 Å². The number of hydrogen-bond donors (Lipinski definition) is 2. The van der Waals surface area contributed by atoms with Gasteiger partial charge in [0.1, 0.15) is 6.33 Å². The van der Waals surface area contributed by atoms with Crippen LogP contribution in [0.1, 0.15) is 24.4 Å². The highest BCUT2D eigenvalue weighted by Crippen LogP contribution is 2.34. The molecule has 7 nitrogen and oxygen atoms in total. The van der Waals surface area contributed by atoms with Crippen LogP contribution in [0.4, 0.5) is 0 Å². The van der Waals surface area contributed by atoms with Crippen LogP contribution in [0.2, 0.25) is 0 Å². The van der Waals surface area contributed by atoms with Gasteiger partial charge in [-0.3, -0.25) is 5.43 Å². The highest BCUT2D eigenvalue weighted by molar-refractivity contribution is 5.63. The monoisotopic (exact) mass is 389 g/mol. The zero-order valence-corrected chi connectivity index (χ0v) is 16.5. The molecule has 150 valence electrons. The van der Waals surface area contributed by atoms with Crippen molar-refractivity contribution in [2.24, 2.45) is 5.92 Å². The van der Waals surface area contributed by atoms with Gasteiger partial charge < -0.3 is 4.90 Å². The minimum atomic E-state index is 0.354. The Bertz CT molecular complexity index is 895. The van der Waals surface area contributed by atoms with Crippen LogP contribution >= 0.6 is 0 Å². The third kappa shape index (κ3) is 4.07. The summed E-state index contributed by atoms with van der Waals surface area (Å²) in [5, 5.41) is 11.4. The van der Waals surface area contributed by atoms with Crippen molar-refractivity contribution in [1.82, 2.24) is 36.0 Å². The average Bonchev–Trinajstić information content (AvgIpc) is 3.44. The largest absolute Gasteiger partial charge is 0.303 e. The first-order valence-electron chi connectivity index (χ1n) is 10.5. The average molecular weight is 390 g/mol. The lowest BCUT2D eigenvalue weighted by Crippen LogP contribution is -2.45. The van der Waals surface area contributed by atoms with E-state index in [-0.39, 0.29) is 0 Å². The van der Waals surface area contributed by atoms with E-state index in [0.29, 0.717) is 18.0 Å². The van der Waals surface area contributed by atoms with Gasteiger partial charge in [-0.15, -0.1) is 5.10 Å². The van der Waals surface area contributed by atoms with E-state index < -0.39 is 0 Å². The van der Waals surface area contributed by atoms with Gasteiger partial charge in [-0.2, -0.15) is 0 Å². The third-order valence-electron chi connectivity index (χ3n) is 6.22. The molecule has 0 aliphatic carbocycles. The zero-order valence-electron chi connectivity index (χ0n) is 16.5. The first kappa shape index (κ1) is 18.4. The SMILES string of the molecule is c1ccc(-c2ccc(C3NNC4CCN(CCCn5cnnn5)CC43)cc2)cc1. The number of aryl methyl sites for hydroxylation is 1. The van der Waals surface area contributed by atoms with E-state index in [1.807, 2.05) is 4.68 Å². The normalized spacial score (nSPS) is 24.5. The van der Waals surface area contributed by atoms with Crippen LogP contribution in [-0.4, -0.2) is 50.8 Å². The van der Waals surface area contributed by atoms with Crippen LogP contribution in [0.25, 0.3) is 11.1 Å². The Balaban J connectivity index is 1.22. The van der Waals surface area contributed by atoms with Crippen molar-refractivity contribution in [2.45, 2.75) is 31.5 Å². The summed E-state index contributed by atoms with van der Waals surface area (Å²) in [4.78, 5) is 2.59. The predicted octanol–water partition coefficient (Wildman–Crippen LogP) is 2.27. The van der Waals surface area contributed by atoms with Crippen LogP contribution in [0.3, 0.4) is 0 Å². The highest BCUT2D eigenvalue weighted by Gasteiger charge is 2.40. The fourth-order valence-corrected chi connectivity index (χ4v) is 4.66. The van der Waals surface area contributed by atoms with Gasteiger partial charge in [0.15, 0.2) is 0 Å². The molecule has 0 bridgehead atoms. The number of likely N-dealkylation sites (tertiary alicyclic amines) is 1. The molecule has 2 N–H and O–H groups in total. The molecule has 0 amide bonds. The molecule has 29 heavy (non-hydrogen) atoms. The second kappa shape index (κ2) is 8.41. The maximum Gasteiger partial charge on any atom is 0.138 e. The number of nitrogens with zero attached hydrogens (tertiary/aromatic N) is 5. The Hall–Kier alpha value is -2.61. The standard InChI is InChI=1S/C22H27N7/c1-2-5-17(6-3-1)18-7-9-19(10-8-18)22-20-15-28(14-11-21(20)24-25-22)12-4-13-29-16-23-26-27-29/h1-3,5-10,16,20-22,24-25H,4,11-15H2. The number of aromatic nitrogens is 4. The van der Waals surface area contributed by atoms with Crippen LogP contribution in [0.5, 0.6) is 0 Å². The Kier molecular flexibility index (Phi) is 5.34. The minimum Gasteiger partial charge on any atom is -0.303 e. The molecule has 2 aliphatic heterocycles. The molecule has 3 atom stereocenters. The Morgan fingerprint density at radius 1 is 0.931 bits per heavy atom. The van der Waals surface area contributed by atoms with E-state index in [1.165, 1.54) is 23.1 Å². The summed E-state index contributed by atoms with van der Waals surface area (Å²) < 4.78 is 1.81. The second-order valence-electron chi connectivity index (χ2n) is 8.04. The molecule has 3 unspecified atom stereocenters. The van der Waals surface area contributed by atoms with Crippen molar-refractivity contribution in [3.8, 4) is 11.1 Å².